The van der Waals surface area contributed by atoms with Crippen molar-refractivity contribution >= 4 is 34.7 Å². The molecule has 2 heterocycles. The fourth-order valence-electron chi connectivity index (χ4n) is 3.68. The molecule has 2 aliphatic rings. The zero-order valence-electron chi connectivity index (χ0n) is 15.1. The molecule has 144 valence electrons. The lowest BCUT2D eigenvalue weighted by atomic mass is 10.2. The highest BCUT2D eigenvalue weighted by Gasteiger charge is 2.35. The van der Waals surface area contributed by atoms with Gasteiger partial charge in [0.1, 0.15) is 0 Å². The summed E-state index contributed by atoms with van der Waals surface area (Å²) >= 11 is 0.903. The van der Waals surface area contributed by atoms with Gasteiger partial charge in [-0.2, -0.15) is 0 Å². The molecule has 2 aromatic rings. The molecule has 0 unspecified atom stereocenters. The Balaban J connectivity index is 1.50. The van der Waals surface area contributed by atoms with E-state index in [4.69, 9.17) is 0 Å². The minimum absolute atomic E-state index is 0.0206. The highest BCUT2D eigenvalue weighted by Crippen LogP contribution is 2.34. The third-order valence-electron chi connectivity index (χ3n) is 5.12. The van der Waals surface area contributed by atoms with Crippen LogP contribution in [-0.4, -0.2) is 25.5 Å². The molecule has 0 radical (unpaired) electrons. The fourth-order valence-corrected chi connectivity index (χ4v) is 4.52. The SMILES string of the molecule is O=C1S/C(=C/c2ccn(C3CCCC3)c2)C(=O)N1Cc1cccc([N+](=O)[O-])c1. The van der Waals surface area contributed by atoms with Crippen molar-refractivity contribution in [1.82, 2.24) is 9.47 Å². The summed E-state index contributed by atoms with van der Waals surface area (Å²) in [5.41, 5.74) is 1.38. The van der Waals surface area contributed by atoms with Crippen molar-refractivity contribution in [3.8, 4) is 0 Å². The van der Waals surface area contributed by atoms with E-state index >= 15 is 0 Å². The second-order valence-electron chi connectivity index (χ2n) is 7.03. The Morgan fingerprint density at radius 3 is 2.75 bits per heavy atom. The summed E-state index contributed by atoms with van der Waals surface area (Å²) in [6, 6.07) is 8.45. The Labute approximate surface area is 166 Å². The average Bonchev–Trinajstić information content (AvgIpc) is 3.40. The number of carbonyl (C=O) groups is 2. The van der Waals surface area contributed by atoms with Crippen LogP contribution >= 0.6 is 11.8 Å². The van der Waals surface area contributed by atoms with Gasteiger partial charge in [0.2, 0.25) is 0 Å². The van der Waals surface area contributed by atoms with E-state index in [1.807, 2.05) is 18.5 Å². The van der Waals surface area contributed by atoms with Crippen molar-refractivity contribution in [2.45, 2.75) is 38.3 Å². The standard InChI is InChI=1S/C20H19N3O4S/c24-19-18(11-15-8-9-21(12-15)16-5-1-2-6-16)28-20(25)22(19)13-14-4-3-7-17(10-14)23(26)27/h3-4,7-12,16H,1-2,5-6,13H2/b18-11+. The van der Waals surface area contributed by atoms with Crippen LogP contribution in [0, 0.1) is 10.1 Å². The van der Waals surface area contributed by atoms with Gasteiger partial charge < -0.3 is 4.57 Å². The van der Waals surface area contributed by atoms with Crippen molar-refractivity contribution in [1.29, 1.82) is 0 Å². The first kappa shape index (κ1) is 18.5. The Morgan fingerprint density at radius 2 is 2.00 bits per heavy atom. The molecule has 1 saturated carbocycles. The molecule has 2 fully saturated rings. The Hall–Kier alpha value is -2.87. The van der Waals surface area contributed by atoms with Crippen LogP contribution in [0.3, 0.4) is 0 Å². The number of benzene rings is 1. The molecule has 7 nitrogen and oxygen atoms in total. The van der Waals surface area contributed by atoms with Gasteiger partial charge >= 0.3 is 0 Å². The van der Waals surface area contributed by atoms with Gasteiger partial charge in [0.05, 0.1) is 16.4 Å². The molecule has 2 amide bonds. The predicted octanol–water partition coefficient (Wildman–Crippen LogP) is 4.75. The average molecular weight is 397 g/mol. The number of aromatic nitrogens is 1. The van der Waals surface area contributed by atoms with E-state index in [1.165, 1.54) is 37.8 Å². The molecule has 0 N–H and O–H groups in total. The fraction of sp³-hybridized carbons (Fsp3) is 0.300. The number of rotatable bonds is 5. The first-order valence-electron chi connectivity index (χ1n) is 9.17. The predicted molar refractivity (Wildman–Crippen MR) is 107 cm³/mol. The largest absolute Gasteiger partial charge is 0.351 e. The summed E-state index contributed by atoms with van der Waals surface area (Å²) in [6.45, 7) is 0.0206. The Kier molecular flexibility index (Phi) is 5.04. The smallest absolute Gasteiger partial charge is 0.293 e. The minimum atomic E-state index is -0.494. The molecule has 1 aromatic carbocycles. The van der Waals surface area contributed by atoms with Crippen molar-refractivity contribution in [2.75, 3.05) is 0 Å². The van der Waals surface area contributed by atoms with Gasteiger partial charge in [-0.25, -0.2) is 0 Å². The third kappa shape index (κ3) is 3.73. The number of carbonyl (C=O) groups excluding carboxylic acids is 2. The molecule has 1 aromatic heterocycles. The van der Waals surface area contributed by atoms with E-state index in [9.17, 15) is 19.7 Å². The number of non-ortho nitro benzene ring substituents is 1. The van der Waals surface area contributed by atoms with Crippen LogP contribution in [0.15, 0.2) is 47.6 Å². The highest BCUT2D eigenvalue weighted by molar-refractivity contribution is 8.18. The van der Waals surface area contributed by atoms with Crippen molar-refractivity contribution in [3.05, 3.63) is 68.9 Å². The Morgan fingerprint density at radius 1 is 1.21 bits per heavy atom. The minimum Gasteiger partial charge on any atom is -0.351 e. The molecular weight excluding hydrogens is 378 g/mol. The molecule has 1 aliphatic carbocycles. The number of hydrogen-bond donors (Lipinski definition) is 0. The second kappa shape index (κ2) is 7.63. The van der Waals surface area contributed by atoms with Gasteiger partial charge in [-0.05, 0) is 47.9 Å². The highest BCUT2D eigenvalue weighted by atomic mass is 32.2. The molecule has 28 heavy (non-hydrogen) atoms. The number of hydrogen-bond acceptors (Lipinski definition) is 5. The van der Waals surface area contributed by atoms with E-state index in [1.54, 1.807) is 18.2 Å². The molecule has 0 spiro atoms. The quantitative estimate of drug-likeness (QED) is 0.413. The maximum atomic E-state index is 12.7. The second-order valence-corrected chi connectivity index (χ2v) is 8.02. The number of thioether (sulfide) groups is 1. The van der Waals surface area contributed by atoms with Crippen LogP contribution in [0.2, 0.25) is 0 Å². The van der Waals surface area contributed by atoms with Gasteiger partial charge in [-0.3, -0.25) is 24.6 Å². The summed E-state index contributed by atoms with van der Waals surface area (Å²) in [5, 5.41) is 10.6. The van der Waals surface area contributed by atoms with Crippen LogP contribution in [0.1, 0.15) is 42.9 Å². The summed E-state index contributed by atoms with van der Waals surface area (Å²) in [6.07, 6.45) is 10.6. The molecular formula is C20H19N3O4S. The molecule has 0 atom stereocenters. The third-order valence-corrected chi connectivity index (χ3v) is 6.02. The maximum Gasteiger partial charge on any atom is 0.293 e. The summed E-state index contributed by atoms with van der Waals surface area (Å²) < 4.78 is 2.19. The first-order valence-corrected chi connectivity index (χ1v) is 9.99. The lowest BCUT2D eigenvalue weighted by molar-refractivity contribution is -0.384. The summed E-state index contributed by atoms with van der Waals surface area (Å²) in [4.78, 5) is 36.9. The molecule has 0 bridgehead atoms. The van der Waals surface area contributed by atoms with Crippen molar-refractivity contribution < 1.29 is 14.5 Å². The van der Waals surface area contributed by atoms with Gasteiger partial charge in [0, 0.05) is 30.6 Å². The molecule has 4 rings (SSSR count). The van der Waals surface area contributed by atoms with E-state index in [0.29, 0.717) is 16.5 Å². The summed E-state index contributed by atoms with van der Waals surface area (Å²) in [5.74, 6) is -0.366. The van der Waals surface area contributed by atoms with E-state index in [2.05, 4.69) is 4.57 Å². The van der Waals surface area contributed by atoms with Gasteiger partial charge in [0.15, 0.2) is 0 Å². The van der Waals surface area contributed by atoms with Crippen LogP contribution in [0.25, 0.3) is 6.08 Å². The van der Waals surface area contributed by atoms with Crippen LogP contribution in [-0.2, 0) is 11.3 Å². The number of nitro groups is 1. The zero-order valence-corrected chi connectivity index (χ0v) is 15.9. The van der Waals surface area contributed by atoms with Gasteiger partial charge in [0.25, 0.3) is 16.8 Å². The van der Waals surface area contributed by atoms with Gasteiger partial charge in [-0.1, -0.05) is 25.0 Å². The molecule has 1 saturated heterocycles. The van der Waals surface area contributed by atoms with E-state index in [0.717, 1.165) is 22.2 Å². The number of amides is 2. The molecule has 8 heteroatoms. The van der Waals surface area contributed by atoms with E-state index in [-0.39, 0.29) is 23.4 Å². The summed E-state index contributed by atoms with van der Waals surface area (Å²) in [7, 11) is 0. The van der Waals surface area contributed by atoms with Crippen LogP contribution < -0.4 is 0 Å². The number of nitrogens with zero attached hydrogens (tertiary/aromatic N) is 3. The van der Waals surface area contributed by atoms with Crippen LogP contribution in [0.5, 0.6) is 0 Å². The first-order chi connectivity index (χ1) is 13.5. The maximum absolute atomic E-state index is 12.7. The monoisotopic (exact) mass is 397 g/mol. The number of nitro benzene ring substituents is 1. The van der Waals surface area contributed by atoms with Crippen molar-refractivity contribution in [2.24, 2.45) is 0 Å². The topological polar surface area (TPSA) is 85.5 Å². The lowest BCUT2D eigenvalue weighted by Crippen LogP contribution is -2.27. The van der Waals surface area contributed by atoms with Crippen molar-refractivity contribution in [3.63, 3.8) is 0 Å². The van der Waals surface area contributed by atoms with E-state index < -0.39 is 4.92 Å². The van der Waals surface area contributed by atoms with Crippen LogP contribution in [0.4, 0.5) is 10.5 Å². The Bertz CT molecular complexity index is 975. The normalized spacial score (nSPS) is 19.1. The zero-order chi connectivity index (χ0) is 19.7. The van der Waals surface area contributed by atoms with Gasteiger partial charge in [-0.15, -0.1) is 0 Å². The molecule has 1 aliphatic heterocycles. The number of imide groups is 1. The lowest BCUT2D eigenvalue weighted by Gasteiger charge is -2.12.